The van der Waals surface area contributed by atoms with Crippen molar-refractivity contribution in [2.24, 2.45) is 10.2 Å². The molecule has 5 aromatic rings. The molecule has 0 fully saturated rings. The van der Waals surface area contributed by atoms with Crippen molar-refractivity contribution in [1.29, 1.82) is 0 Å². The Morgan fingerprint density at radius 2 is 1.47 bits per heavy atom. The number of nitrogens with one attached hydrogen (secondary N) is 2. The molecule has 0 bridgehead atoms. The molecule has 0 atom stereocenters. The Balaban J connectivity index is 1.59. The molecule has 0 aliphatic rings. The van der Waals surface area contributed by atoms with Crippen LogP contribution in [0.3, 0.4) is 0 Å². The third kappa shape index (κ3) is 10.0. The maximum absolute atomic E-state index is 12.6. The highest BCUT2D eigenvalue weighted by Gasteiger charge is 2.24. The summed E-state index contributed by atoms with van der Waals surface area (Å²) >= 11 is 0. The first-order valence-corrected chi connectivity index (χ1v) is 22.8. The van der Waals surface area contributed by atoms with Crippen LogP contribution >= 0.6 is 0 Å². The van der Waals surface area contributed by atoms with Crippen LogP contribution in [0.25, 0.3) is 27.5 Å². The molecular weight excluding hydrogens is 863 g/mol. The Labute approximate surface area is 323 Å². The number of hydrogen-bond donors (Lipinski definition) is 7. The van der Waals surface area contributed by atoms with Crippen LogP contribution in [-0.4, -0.2) is 106 Å². The number of rotatable bonds is 16. The van der Waals surface area contributed by atoms with E-state index in [1.807, 2.05) is 0 Å². The number of aromatic nitrogens is 4. The molecule has 0 saturated heterocycles. The molecule has 3 aromatic carbocycles. The number of nitrogen functional groups attached to an aromatic ring is 1. The lowest BCUT2D eigenvalue weighted by Gasteiger charge is -2.16. The van der Waals surface area contributed by atoms with Crippen LogP contribution in [0, 0.1) is 6.92 Å². The Morgan fingerprint density at radius 3 is 2.09 bits per heavy atom. The summed E-state index contributed by atoms with van der Waals surface area (Å²) in [7, 11) is -23.6. The first-order valence-electron chi connectivity index (χ1n) is 15.4. The summed E-state index contributed by atoms with van der Waals surface area (Å²) in [5, 5.41) is 22.3. The van der Waals surface area contributed by atoms with Crippen molar-refractivity contribution in [2.45, 2.75) is 21.6 Å². The van der Waals surface area contributed by atoms with E-state index in [-0.39, 0.29) is 69.2 Å². The van der Waals surface area contributed by atoms with Crippen LogP contribution in [0.5, 0.6) is 0 Å². The van der Waals surface area contributed by atoms with E-state index in [0.29, 0.717) is 6.07 Å². The van der Waals surface area contributed by atoms with E-state index in [1.54, 1.807) is 0 Å². The summed E-state index contributed by atoms with van der Waals surface area (Å²) in [5.41, 5.74) is 5.44. The van der Waals surface area contributed by atoms with Crippen molar-refractivity contribution in [3.63, 3.8) is 0 Å². The fourth-order valence-electron chi connectivity index (χ4n) is 5.05. The number of azo groups is 1. The smallest absolute Gasteiger partial charge is 0.395 e. The van der Waals surface area contributed by atoms with Gasteiger partial charge in [0.1, 0.15) is 32.2 Å². The maximum Gasteiger partial charge on any atom is 0.397 e. The first-order chi connectivity index (χ1) is 26.3. The van der Waals surface area contributed by atoms with Gasteiger partial charge < -0.3 is 16.4 Å². The summed E-state index contributed by atoms with van der Waals surface area (Å²) in [4.78, 5) is 2.52. The van der Waals surface area contributed by atoms with E-state index in [0.717, 1.165) is 28.4 Å². The lowest BCUT2D eigenvalue weighted by Crippen LogP contribution is -2.17. The number of pyridine rings is 1. The standard InChI is InChI=1S/C28H29N9O15S5/c1-3-53(38,39)11-9-31-28-25(15(2)24(29)27(32-28)30-8-10-52-57(49,50)51)34-33-20-6-4-16(12-23(20)56(46,47)48)37-35-21-7-5-18-19(26(21)36-37)13-17(54(40,41)42)14-22(18)55(43,44)45/h3-7,12-14H,1,8-11,29H2,2H3,(H2,30,31,32)(H,40,41,42)(H,43,44,45)(H,46,47,48)(H,49,50,51)/b34-33+. The Morgan fingerprint density at radius 1 is 0.807 bits per heavy atom. The second-order valence-electron chi connectivity index (χ2n) is 11.5. The average molecular weight is 892 g/mol. The Bertz CT molecular complexity index is 3060. The van der Waals surface area contributed by atoms with E-state index in [2.05, 4.69) is 46.8 Å². The SMILES string of the molecule is C=CS(=O)(=O)CCNc1nc(NCCOS(=O)(=O)O)c(N)c(C)c1/N=N/c1ccc(-n2nc3ccc4c(S(=O)(=O)O)cc(S(=O)(=O)O)cc4c3n2)cc1S(=O)(=O)O. The lowest BCUT2D eigenvalue weighted by molar-refractivity contribution is 0.278. The summed E-state index contributed by atoms with van der Waals surface area (Å²) in [6, 6.07) is 7.10. The number of nitrogens with zero attached hydrogens (tertiary/aromatic N) is 6. The van der Waals surface area contributed by atoms with Crippen molar-refractivity contribution >= 4 is 101 Å². The Kier molecular flexibility index (Phi) is 11.7. The van der Waals surface area contributed by atoms with Crippen LogP contribution in [0.2, 0.25) is 0 Å². The van der Waals surface area contributed by atoms with E-state index in [9.17, 15) is 55.7 Å². The third-order valence-electron chi connectivity index (χ3n) is 7.73. The minimum absolute atomic E-state index is 0.0128. The molecule has 0 aliphatic heterocycles. The minimum atomic E-state index is -5.10. The lowest BCUT2D eigenvalue weighted by atomic mass is 10.1. The molecule has 0 saturated carbocycles. The molecule has 0 spiro atoms. The topological polar surface area (TPSA) is 379 Å². The number of fused-ring (bicyclic) bond motifs is 3. The van der Waals surface area contributed by atoms with Crippen LogP contribution in [-0.2, 0) is 54.8 Å². The van der Waals surface area contributed by atoms with E-state index < -0.39 is 83.3 Å². The zero-order valence-electron chi connectivity index (χ0n) is 28.7. The van der Waals surface area contributed by atoms with Crippen LogP contribution < -0.4 is 16.4 Å². The molecule has 2 aromatic heterocycles. The second kappa shape index (κ2) is 15.6. The van der Waals surface area contributed by atoms with Gasteiger partial charge in [0, 0.05) is 34.8 Å². The molecule has 5 rings (SSSR count). The highest BCUT2D eigenvalue weighted by Crippen LogP contribution is 2.38. The van der Waals surface area contributed by atoms with Gasteiger partial charge >= 0.3 is 10.4 Å². The van der Waals surface area contributed by atoms with Gasteiger partial charge in [-0.1, -0.05) is 12.6 Å². The average Bonchev–Trinajstić information content (AvgIpc) is 3.55. The molecule has 0 unspecified atom stereocenters. The van der Waals surface area contributed by atoms with Gasteiger partial charge in [-0.25, -0.2) is 17.6 Å². The van der Waals surface area contributed by atoms with Crippen LogP contribution in [0.4, 0.5) is 28.7 Å². The van der Waals surface area contributed by atoms with Crippen molar-refractivity contribution < 1.29 is 64.5 Å². The van der Waals surface area contributed by atoms with E-state index in [4.69, 9.17) is 10.3 Å². The predicted molar refractivity (Wildman–Crippen MR) is 202 cm³/mol. The van der Waals surface area contributed by atoms with Gasteiger partial charge in [0.15, 0.2) is 21.5 Å². The van der Waals surface area contributed by atoms with E-state index >= 15 is 0 Å². The summed E-state index contributed by atoms with van der Waals surface area (Å²) in [6.45, 7) is 3.65. The van der Waals surface area contributed by atoms with Gasteiger partial charge in [0.05, 0.1) is 28.6 Å². The molecule has 57 heavy (non-hydrogen) atoms. The summed E-state index contributed by atoms with van der Waals surface area (Å²) in [5.74, 6) is -0.646. The molecule has 2 heterocycles. The van der Waals surface area contributed by atoms with Gasteiger partial charge in [0.2, 0.25) is 0 Å². The molecule has 0 amide bonds. The fraction of sp³-hybridized carbons (Fsp3) is 0.179. The van der Waals surface area contributed by atoms with Gasteiger partial charge in [-0.2, -0.15) is 38.5 Å². The normalized spacial score (nSPS) is 13.1. The van der Waals surface area contributed by atoms with Gasteiger partial charge in [-0.15, -0.1) is 20.4 Å². The van der Waals surface area contributed by atoms with Crippen molar-refractivity contribution in [1.82, 2.24) is 20.0 Å². The largest absolute Gasteiger partial charge is 0.397 e. The second-order valence-corrected chi connectivity index (χ2v) is 18.9. The molecular formula is C28H29N9O15S5. The van der Waals surface area contributed by atoms with Crippen molar-refractivity contribution in [3.05, 3.63) is 60.0 Å². The molecule has 29 heteroatoms. The number of benzene rings is 3. The van der Waals surface area contributed by atoms with Crippen molar-refractivity contribution in [3.8, 4) is 5.69 Å². The number of nitrogens with two attached hydrogens (primary N) is 1. The zero-order valence-corrected chi connectivity index (χ0v) is 32.8. The quantitative estimate of drug-likeness (QED) is 0.0424. The van der Waals surface area contributed by atoms with Gasteiger partial charge in [-0.05, 0) is 43.3 Å². The molecule has 306 valence electrons. The first kappa shape index (κ1) is 42.9. The third-order valence-corrected chi connectivity index (χ3v) is 12.1. The van der Waals surface area contributed by atoms with Crippen LogP contribution in [0.1, 0.15) is 5.56 Å². The molecule has 0 radical (unpaired) electrons. The van der Waals surface area contributed by atoms with Crippen LogP contribution in [0.15, 0.2) is 79.4 Å². The molecule has 0 aliphatic carbocycles. The summed E-state index contributed by atoms with van der Waals surface area (Å²) < 4.78 is 162. The summed E-state index contributed by atoms with van der Waals surface area (Å²) in [6.07, 6.45) is 0. The highest BCUT2D eigenvalue weighted by atomic mass is 32.3. The molecule has 24 nitrogen and oxygen atoms in total. The zero-order chi connectivity index (χ0) is 42.3. The van der Waals surface area contributed by atoms with Gasteiger partial charge in [0.25, 0.3) is 30.4 Å². The van der Waals surface area contributed by atoms with E-state index in [1.165, 1.54) is 25.1 Å². The van der Waals surface area contributed by atoms with Gasteiger partial charge in [-0.3, -0.25) is 18.2 Å². The number of sulfone groups is 1. The maximum atomic E-state index is 12.6. The van der Waals surface area contributed by atoms with Crippen molar-refractivity contribution in [2.75, 3.05) is 41.8 Å². The number of hydrogen-bond acceptors (Lipinski definition) is 19. The highest BCUT2D eigenvalue weighted by molar-refractivity contribution is 7.94. The molecule has 8 N–H and O–H groups in total. The predicted octanol–water partition coefficient (Wildman–Crippen LogP) is 2.22. The minimum Gasteiger partial charge on any atom is -0.395 e. The monoisotopic (exact) mass is 891 g/mol. The number of anilines is 3. The fourth-order valence-corrected chi connectivity index (χ4v) is 7.88. The Hall–Kier alpha value is -5.24.